The molecule has 1 aromatic heterocycles. The minimum absolute atomic E-state index is 0.134. The van der Waals surface area contributed by atoms with Crippen LogP contribution in [0.25, 0.3) is 0 Å². The predicted molar refractivity (Wildman–Crippen MR) is 104 cm³/mol. The maximum Gasteiger partial charge on any atom is 0.222 e. The number of likely N-dealkylation sites (tertiary alicyclic amines) is 1. The number of nitrogens with zero attached hydrogens (tertiary/aromatic N) is 3. The maximum atomic E-state index is 12.2. The minimum atomic E-state index is 0.134. The SMILES string of the molecule is Cc1ccn(CCC(=O)N[C@H]2CCCN(CCCc3ccccc3)C2)n1. The molecule has 1 aliphatic heterocycles. The molecule has 140 valence electrons. The minimum Gasteiger partial charge on any atom is -0.352 e. The number of carbonyl (C=O) groups is 1. The number of rotatable bonds is 8. The summed E-state index contributed by atoms with van der Waals surface area (Å²) >= 11 is 0. The van der Waals surface area contributed by atoms with Gasteiger partial charge >= 0.3 is 0 Å². The van der Waals surface area contributed by atoms with E-state index in [0.29, 0.717) is 13.0 Å². The van der Waals surface area contributed by atoms with Gasteiger partial charge in [-0.3, -0.25) is 9.48 Å². The highest BCUT2D eigenvalue weighted by Gasteiger charge is 2.20. The standard InChI is InChI=1S/C21H30N4O/c1-18-11-15-25(23-18)16-12-21(26)22-20-10-6-14-24(17-20)13-5-9-19-7-3-2-4-8-19/h2-4,7-8,11,15,20H,5-6,9-10,12-14,16-17H2,1H3,(H,22,26)/t20-/m0/s1. The molecule has 5 heteroatoms. The number of carbonyl (C=O) groups excluding carboxylic acids is 1. The van der Waals surface area contributed by atoms with Gasteiger partial charge in [-0.15, -0.1) is 0 Å². The fourth-order valence-corrected chi connectivity index (χ4v) is 3.63. The van der Waals surface area contributed by atoms with E-state index in [1.54, 1.807) is 0 Å². The zero-order valence-corrected chi connectivity index (χ0v) is 15.7. The Morgan fingerprint density at radius 2 is 2.08 bits per heavy atom. The lowest BCUT2D eigenvalue weighted by molar-refractivity contribution is -0.122. The van der Waals surface area contributed by atoms with Gasteiger partial charge in [-0.2, -0.15) is 5.10 Å². The average molecular weight is 354 g/mol. The molecule has 1 fully saturated rings. The number of benzene rings is 1. The van der Waals surface area contributed by atoms with Gasteiger partial charge in [0.1, 0.15) is 0 Å². The molecule has 1 aromatic carbocycles. The van der Waals surface area contributed by atoms with E-state index < -0.39 is 0 Å². The highest BCUT2D eigenvalue weighted by Crippen LogP contribution is 2.12. The highest BCUT2D eigenvalue weighted by atomic mass is 16.1. The van der Waals surface area contributed by atoms with Crippen LogP contribution in [0.1, 0.15) is 36.9 Å². The Kier molecular flexibility index (Phi) is 6.83. The summed E-state index contributed by atoms with van der Waals surface area (Å²) in [7, 11) is 0. The van der Waals surface area contributed by atoms with Crippen molar-refractivity contribution in [3.63, 3.8) is 0 Å². The molecule has 0 unspecified atom stereocenters. The quantitative estimate of drug-likeness (QED) is 0.793. The Morgan fingerprint density at radius 3 is 2.85 bits per heavy atom. The third-order valence-electron chi connectivity index (χ3n) is 5.00. The summed E-state index contributed by atoms with van der Waals surface area (Å²) in [4.78, 5) is 14.7. The number of aromatic nitrogens is 2. The Morgan fingerprint density at radius 1 is 1.23 bits per heavy atom. The molecule has 1 amide bonds. The molecule has 26 heavy (non-hydrogen) atoms. The maximum absolute atomic E-state index is 12.2. The Bertz CT molecular complexity index is 682. The summed E-state index contributed by atoms with van der Waals surface area (Å²) in [5.41, 5.74) is 2.40. The van der Waals surface area contributed by atoms with Crippen LogP contribution in [0.15, 0.2) is 42.6 Å². The third kappa shape index (κ3) is 5.99. The van der Waals surface area contributed by atoms with Crippen LogP contribution in [0.4, 0.5) is 0 Å². The van der Waals surface area contributed by atoms with Crippen LogP contribution < -0.4 is 5.32 Å². The molecule has 5 nitrogen and oxygen atoms in total. The van der Waals surface area contributed by atoms with Crippen molar-refractivity contribution in [3.05, 3.63) is 53.9 Å². The molecular weight excluding hydrogens is 324 g/mol. The number of aryl methyl sites for hydroxylation is 3. The van der Waals surface area contributed by atoms with E-state index in [1.807, 2.05) is 23.9 Å². The van der Waals surface area contributed by atoms with Crippen LogP contribution in [0.5, 0.6) is 0 Å². The number of piperidine rings is 1. The number of hydrogen-bond donors (Lipinski definition) is 1. The van der Waals surface area contributed by atoms with Gasteiger partial charge in [0.25, 0.3) is 0 Å². The van der Waals surface area contributed by atoms with E-state index in [-0.39, 0.29) is 11.9 Å². The molecule has 0 radical (unpaired) electrons. The van der Waals surface area contributed by atoms with Crippen molar-refractivity contribution in [1.29, 1.82) is 0 Å². The van der Waals surface area contributed by atoms with Crippen LogP contribution in [-0.4, -0.2) is 46.3 Å². The third-order valence-corrected chi connectivity index (χ3v) is 5.00. The normalized spacial score (nSPS) is 18.0. The van der Waals surface area contributed by atoms with Gasteiger partial charge in [-0.1, -0.05) is 30.3 Å². The molecule has 0 spiro atoms. The van der Waals surface area contributed by atoms with Crippen LogP contribution in [-0.2, 0) is 17.8 Å². The van der Waals surface area contributed by atoms with Crippen LogP contribution in [0.2, 0.25) is 0 Å². The summed E-state index contributed by atoms with van der Waals surface area (Å²) in [6, 6.07) is 12.9. The van der Waals surface area contributed by atoms with Crippen molar-refractivity contribution in [2.24, 2.45) is 0 Å². The lowest BCUT2D eigenvalue weighted by atomic mass is 10.0. The highest BCUT2D eigenvalue weighted by molar-refractivity contribution is 5.76. The van der Waals surface area contributed by atoms with Gasteiger partial charge in [0.15, 0.2) is 0 Å². The first-order valence-electron chi connectivity index (χ1n) is 9.75. The molecular formula is C21H30N4O. The molecule has 1 saturated heterocycles. The molecule has 2 aromatic rings. The first-order chi connectivity index (χ1) is 12.7. The first kappa shape index (κ1) is 18.6. The monoisotopic (exact) mass is 354 g/mol. The molecule has 1 aliphatic rings. The van der Waals surface area contributed by atoms with Crippen molar-refractivity contribution in [2.45, 2.75) is 51.6 Å². The van der Waals surface area contributed by atoms with Crippen molar-refractivity contribution in [1.82, 2.24) is 20.0 Å². The van der Waals surface area contributed by atoms with Crippen LogP contribution >= 0.6 is 0 Å². The Balaban J connectivity index is 1.35. The van der Waals surface area contributed by atoms with Crippen molar-refractivity contribution in [2.75, 3.05) is 19.6 Å². The van der Waals surface area contributed by atoms with Crippen molar-refractivity contribution < 1.29 is 4.79 Å². The topological polar surface area (TPSA) is 50.2 Å². The average Bonchev–Trinajstić information content (AvgIpc) is 3.07. The molecule has 0 saturated carbocycles. The largest absolute Gasteiger partial charge is 0.352 e. The summed E-state index contributed by atoms with van der Waals surface area (Å²) in [6.45, 7) is 5.83. The Labute approximate surface area is 156 Å². The van der Waals surface area contributed by atoms with Crippen LogP contribution in [0, 0.1) is 6.92 Å². The lowest BCUT2D eigenvalue weighted by Crippen LogP contribution is -2.48. The van der Waals surface area contributed by atoms with Gasteiger partial charge in [-0.25, -0.2) is 0 Å². The lowest BCUT2D eigenvalue weighted by Gasteiger charge is -2.33. The summed E-state index contributed by atoms with van der Waals surface area (Å²) in [5, 5.41) is 7.54. The van der Waals surface area contributed by atoms with E-state index in [2.05, 4.69) is 45.6 Å². The van der Waals surface area contributed by atoms with Crippen molar-refractivity contribution in [3.8, 4) is 0 Å². The van der Waals surface area contributed by atoms with E-state index in [9.17, 15) is 4.79 Å². The van der Waals surface area contributed by atoms with Gasteiger partial charge in [0.05, 0.1) is 5.69 Å². The van der Waals surface area contributed by atoms with Gasteiger partial charge in [0.2, 0.25) is 5.91 Å². The van der Waals surface area contributed by atoms with Crippen molar-refractivity contribution >= 4 is 5.91 Å². The van der Waals surface area contributed by atoms with E-state index in [0.717, 1.165) is 44.6 Å². The molecule has 1 atom stereocenters. The summed E-state index contributed by atoms with van der Waals surface area (Å²) in [6.07, 6.45) is 6.96. The second kappa shape index (κ2) is 9.53. The zero-order chi connectivity index (χ0) is 18.2. The van der Waals surface area contributed by atoms with E-state index in [1.165, 1.54) is 12.0 Å². The second-order valence-electron chi connectivity index (χ2n) is 7.27. The summed E-state index contributed by atoms with van der Waals surface area (Å²) < 4.78 is 1.84. The fourth-order valence-electron chi connectivity index (χ4n) is 3.63. The molecule has 1 N–H and O–H groups in total. The Hall–Kier alpha value is -2.14. The van der Waals surface area contributed by atoms with Gasteiger partial charge in [-0.05, 0) is 57.3 Å². The van der Waals surface area contributed by atoms with E-state index >= 15 is 0 Å². The van der Waals surface area contributed by atoms with Gasteiger partial charge < -0.3 is 10.2 Å². The smallest absolute Gasteiger partial charge is 0.222 e. The van der Waals surface area contributed by atoms with Gasteiger partial charge in [0, 0.05) is 31.7 Å². The number of amides is 1. The molecule has 0 bridgehead atoms. The first-order valence-corrected chi connectivity index (χ1v) is 9.75. The van der Waals surface area contributed by atoms with Crippen LogP contribution in [0.3, 0.4) is 0 Å². The number of hydrogen-bond acceptors (Lipinski definition) is 3. The second-order valence-corrected chi connectivity index (χ2v) is 7.27. The number of nitrogens with one attached hydrogen (secondary N) is 1. The molecule has 2 heterocycles. The zero-order valence-electron chi connectivity index (χ0n) is 15.7. The fraction of sp³-hybridized carbons (Fsp3) is 0.524. The predicted octanol–water partition coefficient (Wildman–Crippen LogP) is 2.80. The summed E-state index contributed by atoms with van der Waals surface area (Å²) in [5.74, 6) is 0.134. The molecule has 0 aliphatic carbocycles. The van der Waals surface area contributed by atoms with E-state index in [4.69, 9.17) is 0 Å². The molecule has 3 rings (SSSR count).